The number of aryl methyl sites for hydroxylation is 1. The molecular weight excluding hydrogens is 389 g/mol. The molecule has 0 aromatic carbocycles. The van der Waals surface area contributed by atoms with Gasteiger partial charge in [-0.05, 0) is 55.9 Å². The van der Waals surface area contributed by atoms with Gasteiger partial charge >= 0.3 is 6.36 Å². The molecule has 1 heterocycles. The summed E-state index contributed by atoms with van der Waals surface area (Å²) >= 11 is 0. The van der Waals surface area contributed by atoms with Crippen LogP contribution < -0.4 is 10.6 Å². The number of nitrogens with one attached hydrogen (secondary N) is 2. The van der Waals surface area contributed by atoms with E-state index in [1.165, 1.54) is 16.8 Å². The maximum Gasteiger partial charge on any atom is 0.573 e. The molecule has 0 bridgehead atoms. The van der Waals surface area contributed by atoms with Gasteiger partial charge in [0.2, 0.25) is 5.91 Å². The van der Waals surface area contributed by atoms with Gasteiger partial charge in [-0.3, -0.25) is 9.59 Å². The molecule has 2 aliphatic carbocycles. The van der Waals surface area contributed by atoms with Crippen LogP contribution >= 0.6 is 0 Å². The zero-order chi connectivity index (χ0) is 21.2. The minimum atomic E-state index is -4.76. The highest BCUT2D eigenvalue weighted by Crippen LogP contribution is 2.29. The molecule has 1 saturated carbocycles. The monoisotopic (exact) mass is 412 g/mol. The number of allylic oxidation sites excluding steroid dienone is 2. The van der Waals surface area contributed by atoms with Crippen molar-refractivity contribution in [3.8, 4) is 0 Å². The largest absolute Gasteiger partial charge is 0.573 e. The van der Waals surface area contributed by atoms with Crippen molar-refractivity contribution in [1.29, 1.82) is 0 Å². The van der Waals surface area contributed by atoms with Gasteiger partial charge in [-0.25, -0.2) is 4.68 Å². The Bertz CT molecular complexity index is 853. The first-order valence-electron chi connectivity index (χ1n) is 9.38. The highest BCUT2D eigenvalue weighted by molar-refractivity contribution is 5.92. The maximum atomic E-state index is 12.4. The van der Waals surface area contributed by atoms with Gasteiger partial charge < -0.3 is 15.4 Å². The molecule has 29 heavy (non-hydrogen) atoms. The van der Waals surface area contributed by atoms with Gasteiger partial charge in [0, 0.05) is 18.2 Å². The summed E-state index contributed by atoms with van der Waals surface area (Å²) in [5.41, 5.74) is 1.51. The SMILES string of the molecule is Cc1cc(C(=O)NCC2=CC(OC(F)(F)F)=CC(C)C2)nn1CNC(=O)C1CC1. The zero-order valence-corrected chi connectivity index (χ0v) is 16.2. The van der Waals surface area contributed by atoms with E-state index in [0.717, 1.165) is 12.8 Å². The van der Waals surface area contributed by atoms with Crippen molar-refractivity contribution in [1.82, 2.24) is 20.4 Å². The second-order valence-electron chi connectivity index (χ2n) is 7.43. The maximum absolute atomic E-state index is 12.4. The number of rotatable bonds is 7. The van der Waals surface area contributed by atoms with Gasteiger partial charge in [0.05, 0.1) is 0 Å². The van der Waals surface area contributed by atoms with Crippen LogP contribution in [0.3, 0.4) is 0 Å². The number of hydrogen-bond acceptors (Lipinski definition) is 4. The lowest BCUT2D eigenvalue weighted by molar-refractivity contribution is -0.303. The molecule has 1 fully saturated rings. The Kier molecular flexibility index (Phi) is 5.99. The second-order valence-corrected chi connectivity index (χ2v) is 7.43. The average Bonchev–Trinajstić information content (AvgIpc) is 3.39. The number of carbonyl (C=O) groups is 2. The summed E-state index contributed by atoms with van der Waals surface area (Å²) in [5, 5.41) is 9.64. The fourth-order valence-electron chi connectivity index (χ4n) is 3.09. The minimum absolute atomic E-state index is 0.0193. The molecule has 2 amide bonds. The van der Waals surface area contributed by atoms with Crippen molar-refractivity contribution in [2.75, 3.05) is 6.54 Å². The number of carbonyl (C=O) groups excluding carboxylic acids is 2. The quantitative estimate of drug-likeness (QED) is 0.721. The van der Waals surface area contributed by atoms with Gasteiger partial charge in [0.25, 0.3) is 5.91 Å². The highest BCUT2D eigenvalue weighted by Gasteiger charge is 2.32. The first kappa shape index (κ1) is 20.9. The van der Waals surface area contributed by atoms with Crippen LogP contribution in [0.4, 0.5) is 13.2 Å². The van der Waals surface area contributed by atoms with Gasteiger partial charge in [-0.15, -0.1) is 13.2 Å². The first-order valence-corrected chi connectivity index (χ1v) is 9.38. The molecule has 7 nitrogen and oxygen atoms in total. The Labute approximate surface area is 166 Å². The molecule has 2 N–H and O–H groups in total. The lowest BCUT2D eigenvalue weighted by atomic mass is 9.95. The van der Waals surface area contributed by atoms with E-state index < -0.39 is 12.3 Å². The number of alkyl halides is 3. The van der Waals surface area contributed by atoms with Crippen LogP contribution in [-0.4, -0.2) is 34.5 Å². The van der Waals surface area contributed by atoms with Crippen molar-refractivity contribution >= 4 is 11.8 Å². The second kappa shape index (κ2) is 8.30. The van der Waals surface area contributed by atoms with E-state index in [1.54, 1.807) is 19.9 Å². The summed E-state index contributed by atoms with van der Waals surface area (Å²) < 4.78 is 42.8. The smallest absolute Gasteiger partial charge is 0.406 e. The fraction of sp³-hybridized carbons (Fsp3) is 0.526. The molecule has 0 aliphatic heterocycles. The zero-order valence-electron chi connectivity index (χ0n) is 16.2. The molecular formula is C19H23F3N4O3. The summed E-state index contributed by atoms with van der Waals surface area (Å²) in [4.78, 5) is 24.1. The van der Waals surface area contributed by atoms with Crippen molar-refractivity contribution in [2.24, 2.45) is 11.8 Å². The molecule has 158 valence electrons. The van der Waals surface area contributed by atoms with Crippen LogP contribution in [0.15, 0.2) is 29.6 Å². The van der Waals surface area contributed by atoms with Gasteiger partial charge in [0.1, 0.15) is 12.4 Å². The Hall–Kier alpha value is -2.78. The Morgan fingerprint density at radius 3 is 2.69 bits per heavy atom. The topological polar surface area (TPSA) is 85.2 Å². The number of hydrogen-bond donors (Lipinski definition) is 2. The summed E-state index contributed by atoms with van der Waals surface area (Å²) in [6, 6.07) is 1.59. The van der Waals surface area contributed by atoms with Crippen LogP contribution in [0.2, 0.25) is 0 Å². The summed E-state index contributed by atoms with van der Waals surface area (Å²) in [5.74, 6) is -0.788. The van der Waals surface area contributed by atoms with Gasteiger partial charge in [-0.2, -0.15) is 5.10 Å². The molecule has 1 aromatic heterocycles. The van der Waals surface area contributed by atoms with E-state index in [9.17, 15) is 22.8 Å². The summed E-state index contributed by atoms with van der Waals surface area (Å²) in [6.07, 6.45) is 0.261. The van der Waals surface area contributed by atoms with Crippen LogP contribution in [0.1, 0.15) is 42.4 Å². The minimum Gasteiger partial charge on any atom is -0.406 e. The van der Waals surface area contributed by atoms with E-state index in [-0.39, 0.29) is 42.4 Å². The van der Waals surface area contributed by atoms with E-state index in [1.807, 2.05) is 0 Å². The Balaban J connectivity index is 1.55. The fourth-order valence-corrected chi connectivity index (χ4v) is 3.09. The molecule has 1 unspecified atom stereocenters. The predicted molar refractivity (Wildman–Crippen MR) is 97.3 cm³/mol. The van der Waals surface area contributed by atoms with Crippen molar-refractivity contribution in [3.05, 3.63) is 40.9 Å². The third-order valence-electron chi connectivity index (χ3n) is 4.65. The Morgan fingerprint density at radius 2 is 2.03 bits per heavy atom. The third kappa shape index (κ3) is 6.10. The number of halogens is 3. The molecule has 0 radical (unpaired) electrons. The Morgan fingerprint density at radius 1 is 1.31 bits per heavy atom. The normalized spacial score (nSPS) is 19.3. The molecule has 2 aliphatic rings. The predicted octanol–water partition coefficient (Wildman–Crippen LogP) is 2.79. The van der Waals surface area contributed by atoms with Crippen LogP contribution in [0, 0.1) is 18.8 Å². The third-order valence-corrected chi connectivity index (χ3v) is 4.65. The molecule has 1 aromatic rings. The summed E-state index contributed by atoms with van der Waals surface area (Å²) in [7, 11) is 0. The number of aromatic nitrogens is 2. The van der Waals surface area contributed by atoms with E-state index in [4.69, 9.17) is 0 Å². The lowest BCUT2D eigenvalue weighted by Gasteiger charge is -2.20. The van der Waals surface area contributed by atoms with E-state index >= 15 is 0 Å². The van der Waals surface area contributed by atoms with Gasteiger partial charge in [-0.1, -0.05) is 6.92 Å². The number of amides is 2. The number of ether oxygens (including phenoxy) is 1. The summed E-state index contributed by atoms with van der Waals surface area (Å²) in [6.45, 7) is 3.81. The lowest BCUT2D eigenvalue weighted by Crippen LogP contribution is -2.29. The van der Waals surface area contributed by atoms with Crippen molar-refractivity contribution in [3.63, 3.8) is 0 Å². The van der Waals surface area contributed by atoms with Crippen LogP contribution in [-0.2, 0) is 16.2 Å². The molecule has 0 spiro atoms. The van der Waals surface area contributed by atoms with Gasteiger partial charge in [0.15, 0.2) is 5.69 Å². The van der Waals surface area contributed by atoms with Crippen molar-refractivity contribution < 1.29 is 27.5 Å². The van der Waals surface area contributed by atoms with Crippen molar-refractivity contribution in [2.45, 2.75) is 46.1 Å². The molecule has 0 saturated heterocycles. The average molecular weight is 412 g/mol. The number of nitrogens with zero attached hydrogens (tertiary/aromatic N) is 2. The van der Waals surface area contributed by atoms with Crippen LogP contribution in [0.5, 0.6) is 0 Å². The molecule has 10 heteroatoms. The van der Waals surface area contributed by atoms with Crippen LogP contribution in [0.25, 0.3) is 0 Å². The highest BCUT2D eigenvalue weighted by atomic mass is 19.4. The first-order chi connectivity index (χ1) is 13.6. The van der Waals surface area contributed by atoms with E-state index in [0.29, 0.717) is 17.7 Å². The molecule has 1 atom stereocenters. The van der Waals surface area contributed by atoms with E-state index in [2.05, 4.69) is 20.5 Å². The standard InChI is InChI=1S/C19H23F3N4O3/c1-11-5-13(8-15(6-11)29-19(20,21)22)9-23-18(28)16-7-12(2)26(25-16)10-24-17(27)14-3-4-14/h6-8,11,14H,3-5,9-10H2,1-2H3,(H,23,28)(H,24,27). The molecule has 3 rings (SSSR count).